The van der Waals surface area contributed by atoms with E-state index in [0.29, 0.717) is 5.92 Å². The van der Waals surface area contributed by atoms with E-state index in [1.54, 1.807) is 0 Å². The molecule has 0 aromatic carbocycles. The Kier molecular flexibility index (Phi) is 5.49. The van der Waals surface area contributed by atoms with Crippen LogP contribution in [0.1, 0.15) is 31.7 Å². The molecular weight excluding hydrogens is 266 g/mol. The molecule has 4 heteroatoms. The lowest BCUT2D eigenvalue weighted by atomic mass is 10.2. The van der Waals surface area contributed by atoms with Crippen molar-refractivity contribution in [1.82, 2.24) is 15.1 Å². The average Bonchev–Trinajstić information content (AvgIpc) is 2.47. The van der Waals surface area contributed by atoms with Crippen molar-refractivity contribution >= 4 is 15.9 Å². The number of nitrogens with zero attached hydrogens (tertiary/aromatic N) is 2. The second-order valence-corrected chi connectivity index (χ2v) is 5.27. The Balaban J connectivity index is 2.49. The third-order valence-electron chi connectivity index (χ3n) is 2.70. The van der Waals surface area contributed by atoms with Crippen LogP contribution < -0.4 is 5.32 Å². The Labute approximate surface area is 107 Å². The molecule has 92 valence electrons. The molecule has 0 radical (unpaired) electrons. The van der Waals surface area contributed by atoms with Crippen LogP contribution in [0.2, 0.25) is 0 Å². The summed E-state index contributed by atoms with van der Waals surface area (Å²) in [5.41, 5.74) is 2.30. The van der Waals surface area contributed by atoms with Crippen molar-refractivity contribution in [3.05, 3.63) is 15.9 Å². The highest BCUT2D eigenvalue weighted by Crippen LogP contribution is 2.20. The smallest absolute Gasteiger partial charge is 0.0738 e. The van der Waals surface area contributed by atoms with E-state index in [4.69, 9.17) is 0 Å². The molecule has 0 saturated heterocycles. The molecule has 1 rings (SSSR count). The average molecular weight is 288 g/mol. The van der Waals surface area contributed by atoms with Crippen molar-refractivity contribution in [2.24, 2.45) is 5.92 Å². The van der Waals surface area contributed by atoms with Crippen molar-refractivity contribution in [3.8, 4) is 0 Å². The third-order valence-corrected chi connectivity index (χ3v) is 3.85. The number of rotatable bonds is 6. The lowest BCUT2D eigenvalue weighted by Gasteiger charge is -2.13. The SMILES string of the molecule is CCCNCC(C)Cn1nc(C)c(Br)c1C. The zero-order chi connectivity index (χ0) is 12.1. The van der Waals surface area contributed by atoms with E-state index >= 15 is 0 Å². The molecule has 0 saturated carbocycles. The summed E-state index contributed by atoms with van der Waals surface area (Å²) in [4.78, 5) is 0. The van der Waals surface area contributed by atoms with E-state index in [0.717, 1.165) is 29.8 Å². The molecule has 1 aromatic rings. The van der Waals surface area contributed by atoms with Crippen LogP contribution in [0.4, 0.5) is 0 Å². The maximum atomic E-state index is 4.52. The fourth-order valence-corrected chi connectivity index (χ4v) is 2.02. The fraction of sp³-hybridized carbons (Fsp3) is 0.750. The Morgan fingerprint density at radius 1 is 1.44 bits per heavy atom. The Morgan fingerprint density at radius 3 is 2.62 bits per heavy atom. The Morgan fingerprint density at radius 2 is 2.12 bits per heavy atom. The van der Waals surface area contributed by atoms with Gasteiger partial charge < -0.3 is 5.32 Å². The van der Waals surface area contributed by atoms with Gasteiger partial charge in [0.25, 0.3) is 0 Å². The monoisotopic (exact) mass is 287 g/mol. The van der Waals surface area contributed by atoms with Gasteiger partial charge in [-0.05, 0) is 55.2 Å². The number of nitrogens with one attached hydrogen (secondary N) is 1. The molecule has 0 aliphatic heterocycles. The van der Waals surface area contributed by atoms with E-state index < -0.39 is 0 Å². The standard InChI is InChI=1S/C12H22BrN3/c1-5-6-14-7-9(2)8-16-11(4)12(13)10(3)15-16/h9,14H,5-8H2,1-4H3. The summed E-state index contributed by atoms with van der Waals surface area (Å²) in [6, 6.07) is 0. The lowest BCUT2D eigenvalue weighted by Crippen LogP contribution is -2.25. The van der Waals surface area contributed by atoms with E-state index in [9.17, 15) is 0 Å². The number of aryl methyl sites for hydroxylation is 1. The zero-order valence-electron chi connectivity index (χ0n) is 10.7. The summed E-state index contributed by atoms with van der Waals surface area (Å²) < 4.78 is 3.23. The van der Waals surface area contributed by atoms with Gasteiger partial charge in [-0.25, -0.2) is 0 Å². The minimum atomic E-state index is 0.608. The van der Waals surface area contributed by atoms with Gasteiger partial charge in [0.15, 0.2) is 0 Å². The predicted molar refractivity (Wildman–Crippen MR) is 71.7 cm³/mol. The Hall–Kier alpha value is -0.350. The maximum Gasteiger partial charge on any atom is 0.0738 e. The normalized spacial score (nSPS) is 13.1. The van der Waals surface area contributed by atoms with Gasteiger partial charge in [0.05, 0.1) is 10.2 Å². The fourth-order valence-electron chi connectivity index (χ4n) is 1.74. The molecular formula is C12H22BrN3. The first kappa shape index (κ1) is 13.7. The topological polar surface area (TPSA) is 29.9 Å². The number of halogens is 1. The zero-order valence-corrected chi connectivity index (χ0v) is 12.3. The van der Waals surface area contributed by atoms with Gasteiger partial charge in [0, 0.05) is 12.2 Å². The van der Waals surface area contributed by atoms with Crippen LogP contribution in [0.3, 0.4) is 0 Å². The van der Waals surface area contributed by atoms with Gasteiger partial charge in [-0.15, -0.1) is 0 Å². The van der Waals surface area contributed by atoms with Crippen LogP contribution in [0.25, 0.3) is 0 Å². The van der Waals surface area contributed by atoms with Gasteiger partial charge in [0.2, 0.25) is 0 Å². The minimum absolute atomic E-state index is 0.608. The first-order valence-corrected chi connectivity index (χ1v) is 6.75. The van der Waals surface area contributed by atoms with Gasteiger partial charge in [-0.3, -0.25) is 4.68 Å². The number of hydrogen-bond acceptors (Lipinski definition) is 2. The number of hydrogen-bond donors (Lipinski definition) is 1. The van der Waals surface area contributed by atoms with Crippen LogP contribution in [0.15, 0.2) is 4.47 Å². The molecule has 1 atom stereocenters. The summed E-state index contributed by atoms with van der Waals surface area (Å²) in [5, 5.41) is 7.96. The molecule has 0 aliphatic carbocycles. The molecule has 0 aliphatic rings. The summed E-state index contributed by atoms with van der Waals surface area (Å²) >= 11 is 3.55. The lowest BCUT2D eigenvalue weighted by molar-refractivity contribution is 0.416. The molecule has 16 heavy (non-hydrogen) atoms. The van der Waals surface area contributed by atoms with E-state index in [1.807, 2.05) is 6.92 Å². The number of aromatic nitrogens is 2. The van der Waals surface area contributed by atoms with Crippen molar-refractivity contribution in [2.45, 2.75) is 40.7 Å². The van der Waals surface area contributed by atoms with E-state index in [1.165, 1.54) is 12.1 Å². The van der Waals surface area contributed by atoms with E-state index in [2.05, 4.69) is 51.8 Å². The molecule has 1 N–H and O–H groups in total. The molecule has 0 spiro atoms. The van der Waals surface area contributed by atoms with Crippen molar-refractivity contribution in [3.63, 3.8) is 0 Å². The second-order valence-electron chi connectivity index (χ2n) is 4.48. The highest BCUT2D eigenvalue weighted by molar-refractivity contribution is 9.10. The van der Waals surface area contributed by atoms with Crippen LogP contribution in [0.5, 0.6) is 0 Å². The molecule has 0 amide bonds. The predicted octanol–water partition coefficient (Wildman–Crippen LogP) is 2.90. The summed E-state index contributed by atoms with van der Waals surface area (Å²) in [5.74, 6) is 0.608. The minimum Gasteiger partial charge on any atom is -0.316 e. The van der Waals surface area contributed by atoms with Crippen LogP contribution in [-0.4, -0.2) is 22.9 Å². The molecule has 1 heterocycles. The van der Waals surface area contributed by atoms with Crippen LogP contribution in [-0.2, 0) is 6.54 Å². The summed E-state index contributed by atoms with van der Waals surface area (Å²) in [7, 11) is 0. The highest BCUT2D eigenvalue weighted by atomic mass is 79.9. The molecule has 0 fully saturated rings. The molecule has 3 nitrogen and oxygen atoms in total. The summed E-state index contributed by atoms with van der Waals surface area (Å²) in [6.45, 7) is 11.7. The van der Waals surface area contributed by atoms with Crippen molar-refractivity contribution in [1.29, 1.82) is 0 Å². The second kappa shape index (κ2) is 6.40. The van der Waals surface area contributed by atoms with Gasteiger partial charge in [-0.2, -0.15) is 5.10 Å². The van der Waals surface area contributed by atoms with Gasteiger partial charge >= 0.3 is 0 Å². The van der Waals surface area contributed by atoms with Crippen LogP contribution in [0, 0.1) is 19.8 Å². The van der Waals surface area contributed by atoms with Crippen molar-refractivity contribution in [2.75, 3.05) is 13.1 Å². The molecule has 1 unspecified atom stereocenters. The Bertz CT molecular complexity index is 333. The molecule has 1 aromatic heterocycles. The van der Waals surface area contributed by atoms with Crippen LogP contribution >= 0.6 is 15.9 Å². The summed E-state index contributed by atoms with van der Waals surface area (Å²) in [6.07, 6.45) is 1.19. The first-order valence-electron chi connectivity index (χ1n) is 5.96. The van der Waals surface area contributed by atoms with Gasteiger partial charge in [0.1, 0.15) is 0 Å². The third kappa shape index (κ3) is 3.59. The van der Waals surface area contributed by atoms with Crippen molar-refractivity contribution < 1.29 is 0 Å². The van der Waals surface area contributed by atoms with Gasteiger partial charge in [-0.1, -0.05) is 13.8 Å². The maximum absolute atomic E-state index is 4.52. The van der Waals surface area contributed by atoms with E-state index in [-0.39, 0.29) is 0 Å². The highest BCUT2D eigenvalue weighted by Gasteiger charge is 2.11. The largest absolute Gasteiger partial charge is 0.316 e. The quantitative estimate of drug-likeness (QED) is 0.816. The first-order chi connectivity index (χ1) is 7.56. The molecule has 0 bridgehead atoms.